The number of phenols is 1. The van der Waals surface area contributed by atoms with Crippen molar-refractivity contribution in [2.24, 2.45) is 0 Å². The minimum Gasteiger partial charge on any atom is -0.507 e. The number of phenolic OH excluding ortho intramolecular Hbond substituents is 1. The highest BCUT2D eigenvalue weighted by atomic mass is 16.3. The summed E-state index contributed by atoms with van der Waals surface area (Å²) in [5.74, 6) is 1.27. The maximum Gasteiger partial charge on any atom is 0.125 e. The van der Waals surface area contributed by atoms with Gasteiger partial charge in [0.15, 0.2) is 0 Å². The summed E-state index contributed by atoms with van der Waals surface area (Å²) in [6, 6.07) is 7.89. The molecule has 0 aliphatic carbocycles. The number of hydrogen-bond acceptors (Lipinski definition) is 3. The van der Waals surface area contributed by atoms with Gasteiger partial charge >= 0.3 is 0 Å². The van der Waals surface area contributed by atoms with Crippen LogP contribution < -0.4 is 5.32 Å². The first-order valence-corrected chi connectivity index (χ1v) is 6.22. The molecule has 0 fully saturated rings. The Morgan fingerprint density at radius 3 is 2.67 bits per heavy atom. The van der Waals surface area contributed by atoms with Gasteiger partial charge in [0, 0.05) is 11.3 Å². The molecule has 1 aromatic carbocycles. The summed E-state index contributed by atoms with van der Waals surface area (Å²) in [5.41, 5.74) is 2.71. The van der Waals surface area contributed by atoms with Gasteiger partial charge in [-0.15, -0.1) is 0 Å². The molecule has 0 saturated heterocycles. The summed E-state index contributed by atoms with van der Waals surface area (Å²) < 4.78 is 5.43. The van der Waals surface area contributed by atoms with Crippen LogP contribution in [-0.4, -0.2) is 5.11 Å². The highest BCUT2D eigenvalue weighted by Crippen LogP contribution is 2.31. The van der Waals surface area contributed by atoms with E-state index in [0.29, 0.717) is 5.75 Å². The second kappa shape index (κ2) is 5.17. The SMILES string of the molecule is CCC(Nc1ccc(C)c(O)c1C)c1ccco1. The lowest BCUT2D eigenvalue weighted by Gasteiger charge is -2.18. The molecule has 0 bridgehead atoms. The minimum absolute atomic E-state index is 0.126. The minimum atomic E-state index is 0.126. The van der Waals surface area contributed by atoms with Crippen molar-refractivity contribution in [3.8, 4) is 5.75 Å². The molecule has 1 heterocycles. The molecule has 2 rings (SSSR count). The van der Waals surface area contributed by atoms with Crippen LogP contribution >= 0.6 is 0 Å². The molecular formula is C15H19NO2. The number of anilines is 1. The largest absolute Gasteiger partial charge is 0.507 e. The predicted octanol–water partition coefficient (Wildman–Crippen LogP) is 4.17. The van der Waals surface area contributed by atoms with E-state index in [1.54, 1.807) is 6.26 Å². The van der Waals surface area contributed by atoms with Gasteiger partial charge in [0.05, 0.1) is 12.3 Å². The zero-order chi connectivity index (χ0) is 13.1. The van der Waals surface area contributed by atoms with Crippen LogP contribution in [0.25, 0.3) is 0 Å². The van der Waals surface area contributed by atoms with E-state index < -0.39 is 0 Å². The number of hydrogen-bond donors (Lipinski definition) is 2. The monoisotopic (exact) mass is 245 g/mol. The quantitative estimate of drug-likeness (QED) is 0.850. The average molecular weight is 245 g/mol. The van der Waals surface area contributed by atoms with Gasteiger partial charge in [0.2, 0.25) is 0 Å². The van der Waals surface area contributed by atoms with E-state index in [-0.39, 0.29) is 6.04 Å². The van der Waals surface area contributed by atoms with Crippen molar-refractivity contribution in [1.29, 1.82) is 0 Å². The second-order valence-corrected chi connectivity index (χ2v) is 4.52. The van der Waals surface area contributed by atoms with E-state index in [1.807, 2.05) is 38.1 Å². The molecule has 2 N–H and O–H groups in total. The Hall–Kier alpha value is -1.90. The fraction of sp³-hybridized carbons (Fsp3) is 0.333. The summed E-state index contributed by atoms with van der Waals surface area (Å²) in [7, 11) is 0. The van der Waals surface area contributed by atoms with Crippen LogP contribution in [0.15, 0.2) is 34.9 Å². The molecular weight excluding hydrogens is 226 g/mol. The van der Waals surface area contributed by atoms with Gasteiger partial charge < -0.3 is 14.8 Å². The van der Waals surface area contributed by atoms with Crippen LogP contribution in [0.1, 0.15) is 36.3 Å². The number of aromatic hydroxyl groups is 1. The highest BCUT2D eigenvalue weighted by Gasteiger charge is 2.14. The topological polar surface area (TPSA) is 45.4 Å². The predicted molar refractivity (Wildman–Crippen MR) is 72.9 cm³/mol. The van der Waals surface area contributed by atoms with Gasteiger partial charge in [-0.05, 0) is 44.0 Å². The summed E-state index contributed by atoms with van der Waals surface area (Å²) in [6.45, 7) is 5.92. The molecule has 1 atom stereocenters. The van der Waals surface area contributed by atoms with Crippen LogP contribution in [-0.2, 0) is 0 Å². The van der Waals surface area contributed by atoms with Crippen molar-refractivity contribution in [3.63, 3.8) is 0 Å². The van der Waals surface area contributed by atoms with Crippen LogP contribution in [0, 0.1) is 13.8 Å². The zero-order valence-electron chi connectivity index (χ0n) is 11.0. The maximum atomic E-state index is 9.94. The third-order valence-electron chi connectivity index (χ3n) is 3.26. The first-order chi connectivity index (χ1) is 8.63. The second-order valence-electron chi connectivity index (χ2n) is 4.52. The Kier molecular flexibility index (Phi) is 3.60. The molecule has 0 aliphatic rings. The molecule has 96 valence electrons. The Balaban J connectivity index is 2.26. The third kappa shape index (κ3) is 2.35. The van der Waals surface area contributed by atoms with E-state index in [1.165, 1.54) is 0 Å². The van der Waals surface area contributed by atoms with E-state index in [2.05, 4.69) is 12.2 Å². The summed E-state index contributed by atoms with van der Waals surface area (Å²) in [5, 5.41) is 13.4. The first kappa shape index (κ1) is 12.6. The normalized spacial score (nSPS) is 12.4. The zero-order valence-corrected chi connectivity index (χ0v) is 11.0. The van der Waals surface area contributed by atoms with Crippen LogP contribution in [0.2, 0.25) is 0 Å². The van der Waals surface area contributed by atoms with Gasteiger partial charge in [-0.1, -0.05) is 13.0 Å². The molecule has 1 aromatic heterocycles. The molecule has 1 unspecified atom stereocenters. The maximum absolute atomic E-state index is 9.94. The van der Waals surface area contributed by atoms with Crippen molar-refractivity contribution >= 4 is 5.69 Å². The van der Waals surface area contributed by atoms with Gasteiger partial charge in [-0.25, -0.2) is 0 Å². The summed E-state index contributed by atoms with van der Waals surface area (Å²) in [4.78, 5) is 0. The van der Waals surface area contributed by atoms with Gasteiger partial charge in [0.1, 0.15) is 11.5 Å². The lowest BCUT2D eigenvalue weighted by atomic mass is 10.1. The first-order valence-electron chi connectivity index (χ1n) is 6.22. The van der Waals surface area contributed by atoms with E-state index in [9.17, 15) is 5.11 Å². The van der Waals surface area contributed by atoms with Crippen molar-refractivity contribution in [1.82, 2.24) is 0 Å². The number of benzene rings is 1. The lowest BCUT2D eigenvalue weighted by Crippen LogP contribution is -2.09. The average Bonchev–Trinajstić information content (AvgIpc) is 2.89. The molecule has 0 radical (unpaired) electrons. The Bertz CT molecular complexity index is 518. The van der Waals surface area contributed by atoms with Crippen molar-refractivity contribution in [2.75, 3.05) is 5.32 Å². The standard InChI is InChI=1S/C15H19NO2/c1-4-12(14-6-5-9-18-14)16-13-8-7-10(2)15(17)11(13)3/h5-9,12,16-17H,4H2,1-3H3. The molecule has 0 aliphatic heterocycles. The number of furan rings is 1. The fourth-order valence-corrected chi connectivity index (χ4v) is 2.04. The molecule has 2 aromatic rings. The smallest absolute Gasteiger partial charge is 0.125 e. The van der Waals surface area contributed by atoms with Crippen LogP contribution in [0.4, 0.5) is 5.69 Å². The fourth-order valence-electron chi connectivity index (χ4n) is 2.04. The molecule has 3 heteroatoms. The van der Waals surface area contributed by atoms with Gasteiger partial charge in [0.25, 0.3) is 0 Å². The molecule has 0 saturated carbocycles. The van der Waals surface area contributed by atoms with E-state index in [0.717, 1.165) is 29.0 Å². The number of nitrogens with one attached hydrogen (secondary N) is 1. The van der Waals surface area contributed by atoms with Gasteiger partial charge in [-0.2, -0.15) is 0 Å². The van der Waals surface area contributed by atoms with Crippen molar-refractivity contribution in [3.05, 3.63) is 47.4 Å². The highest BCUT2D eigenvalue weighted by molar-refractivity contribution is 5.59. The lowest BCUT2D eigenvalue weighted by molar-refractivity contribution is 0.464. The van der Waals surface area contributed by atoms with E-state index >= 15 is 0 Å². The Labute approximate surface area is 107 Å². The molecule has 0 amide bonds. The Morgan fingerprint density at radius 1 is 1.28 bits per heavy atom. The molecule has 0 spiro atoms. The van der Waals surface area contributed by atoms with Crippen molar-refractivity contribution in [2.45, 2.75) is 33.2 Å². The summed E-state index contributed by atoms with van der Waals surface area (Å²) >= 11 is 0. The number of rotatable bonds is 4. The van der Waals surface area contributed by atoms with Crippen LogP contribution in [0.5, 0.6) is 5.75 Å². The molecule has 18 heavy (non-hydrogen) atoms. The van der Waals surface area contributed by atoms with Gasteiger partial charge in [-0.3, -0.25) is 0 Å². The molecule has 3 nitrogen and oxygen atoms in total. The third-order valence-corrected chi connectivity index (χ3v) is 3.26. The van der Waals surface area contributed by atoms with Crippen LogP contribution in [0.3, 0.4) is 0 Å². The van der Waals surface area contributed by atoms with E-state index in [4.69, 9.17) is 4.42 Å². The van der Waals surface area contributed by atoms with Crippen molar-refractivity contribution < 1.29 is 9.52 Å². The number of aryl methyl sites for hydroxylation is 1. The Morgan fingerprint density at radius 2 is 2.06 bits per heavy atom. The summed E-state index contributed by atoms with van der Waals surface area (Å²) in [6.07, 6.45) is 2.60.